The Bertz CT molecular complexity index is 506. The van der Waals surface area contributed by atoms with Crippen molar-refractivity contribution in [2.45, 2.75) is 18.4 Å². The molecule has 1 aromatic carbocycles. The number of hydrogen-bond donors (Lipinski definition) is 2. The van der Waals surface area contributed by atoms with E-state index in [1.54, 1.807) is 11.8 Å². The van der Waals surface area contributed by atoms with Crippen molar-refractivity contribution in [1.29, 1.82) is 0 Å². The summed E-state index contributed by atoms with van der Waals surface area (Å²) >= 11 is 1.55. The molecule has 1 rings (SSSR count). The fourth-order valence-corrected chi connectivity index (χ4v) is 3.25. The molecule has 2 N–H and O–H groups in total. The average molecular weight is 306 g/mol. The van der Waals surface area contributed by atoms with E-state index < -0.39 is 15.8 Å². The Hall–Kier alpha value is -0.630. The van der Waals surface area contributed by atoms with E-state index in [2.05, 4.69) is 10.0 Å². The SMILES string of the molecule is CCNCc1ccc(F)cc1S(=O)(=O)NCCSC. The van der Waals surface area contributed by atoms with Crippen LogP contribution in [0.1, 0.15) is 12.5 Å². The van der Waals surface area contributed by atoms with Gasteiger partial charge in [-0.05, 0) is 30.5 Å². The van der Waals surface area contributed by atoms with Crippen LogP contribution in [0, 0.1) is 5.82 Å². The number of nitrogens with one attached hydrogen (secondary N) is 2. The van der Waals surface area contributed by atoms with Crippen LogP contribution in [0.3, 0.4) is 0 Å². The Kier molecular flexibility index (Phi) is 6.78. The smallest absolute Gasteiger partial charge is 0.241 e. The monoisotopic (exact) mass is 306 g/mol. The van der Waals surface area contributed by atoms with E-state index in [9.17, 15) is 12.8 Å². The first kappa shape index (κ1) is 16.4. The molecule has 0 spiro atoms. The third-order valence-corrected chi connectivity index (χ3v) is 4.64. The minimum absolute atomic E-state index is 0.00885. The van der Waals surface area contributed by atoms with Crippen molar-refractivity contribution in [2.75, 3.05) is 25.1 Å². The number of rotatable bonds is 8. The largest absolute Gasteiger partial charge is 0.313 e. The summed E-state index contributed by atoms with van der Waals surface area (Å²) in [6.45, 7) is 3.38. The fourth-order valence-electron chi connectivity index (χ4n) is 1.54. The number of halogens is 1. The Morgan fingerprint density at radius 2 is 2.11 bits per heavy atom. The first-order valence-electron chi connectivity index (χ1n) is 5.99. The van der Waals surface area contributed by atoms with E-state index in [1.807, 2.05) is 13.2 Å². The summed E-state index contributed by atoms with van der Waals surface area (Å²) in [6, 6.07) is 3.84. The van der Waals surface area contributed by atoms with Crippen LogP contribution in [-0.4, -0.2) is 33.5 Å². The van der Waals surface area contributed by atoms with Gasteiger partial charge in [0, 0.05) is 18.8 Å². The number of thioether (sulfide) groups is 1. The van der Waals surface area contributed by atoms with Crippen LogP contribution in [0.15, 0.2) is 23.1 Å². The van der Waals surface area contributed by atoms with Crippen LogP contribution in [-0.2, 0) is 16.6 Å². The molecule has 0 saturated carbocycles. The second kappa shape index (κ2) is 7.84. The zero-order valence-corrected chi connectivity index (χ0v) is 12.7. The Morgan fingerprint density at radius 1 is 1.37 bits per heavy atom. The summed E-state index contributed by atoms with van der Waals surface area (Å²) in [5.74, 6) is 0.127. The third-order valence-electron chi connectivity index (χ3n) is 2.48. The van der Waals surface area contributed by atoms with Gasteiger partial charge in [0.25, 0.3) is 0 Å². The lowest BCUT2D eigenvalue weighted by Gasteiger charge is -2.12. The highest BCUT2D eigenvalue weighted by Crippen LogP contribution is 2.17. The van der Waals surface area contributed by atoms with E-state index in [1.165, 1.54) is 12.1 Å². The minimum Gasteiger partial charge on any atom is -0.313 e. The van der Waals surface area contributed by atoms with E-state index in [4.69, 9.17) is 0 Å². The number of benzene rings is 1. The van der Waals surface area contributed by atoms with E-state index in [0.29, 0.717) is 24.4 Å². The first-order chi connectivity index (χ1) is 9.01. The Labute approximate surface area is 118 Å². The molecule has 0 heterocycles. The topological polar surface area (TPSA) is 58.2 Å². The highest BCUT2D eigenvalue weighted by molar-refractivity contribution is 7.98. The predicted octanol–water partition coefficient (Wildman–Crippen LogP) is 1.58. The molecule has 108 valence electrons. The normalized spacial score (nSPS) is 11.7. The van der Waals surface area contributed by atoms with Gasteiger partial charge in [0.05, 0.1) is 4.90 Å². The maximum absolute atomic E-state index is 13.3. The molecular weight excluding hydrogens is 287 g/mol. The standard InChI is InChI=1S/C12H19FN2O2S2/c1-3-14-9-10-4-5-11(13)8-12(10)19(16,17)15-6-7-18-2/h4-5,8,14-15H,3,6-7,9H2,1-2H3. The highest BCUT2D eigenvalue weighted by atomic mass is 32.2. The fraction of sp³-hybridized carbons (Fsp3) is 0.500. The van der Waals surface area contributed by atoms with Gasteiger partial charge in [-0.3, -0.25) is 0 Å². The predicted molar refractivity (Wildman–Crippen MR) is 77.4 cm³/mol. The van der Waals surface area contributed by atoms with Crippen LogP contribution in [0.4, 0.5) is 4.39 Å². The van der Waals surface area contributed by atoms with E-state index in [-0.39, 0.29) is 4.90 Å². The molecule has 0 aliphatic carbocycles. The zero-order chi connectivity index (χ0) is 14.3. The quantitative estimate of drug-likeness (QED) is 0.716. The van der Waals surface area contributed by atoms with Crippen LogP contribution >= 0.6 is 11.8 Å². The summed E-state index contributed by atoms with van der Waals surface area (Å²) in [4.78, 5) is 0.00885. The van der Waals surface area contributed by atoms with Gasteiger partial charge >= 0.3 is 0 Å². The number of hydrogen-bond acceptors (Lipinski definition) is 4. The van der Waals surface area contributed by atoms with Gasteiger partial charge in [-0.25, -0.2) is 17.5 Å². The van der Waals surface area contributed by atoms with Crippen LogP contribution < -0.4 is 10.0 Å². The summed E-state index contributed by atoms with van der Waals surface area (Å²) in [5, 5.41) is 3.04. The van der Waals surface area contributed by atoms with E-state index >= 15 is 0 Å². The third kappa shape index (κ3) is 5.10. The van der Waals surface area contributed by atoms with E-state index in [0.717, 1.165) is 12.6 Å². The zero-order valence-electron chi connectivity index (χ0n) is 11.1. The summed E-state index contributed by atoms with van der Waals surface area (Å²) in [6.07, 6.45) is 1.90. The molecular formula is C12H19FN2O2S2. The van der Waals surface area contributed by atoms with Crippen LogP contribution in [0.25, 0.3) is 0 Å². The second-order valence-electron chi connectivity index (χ2n) is 3.92. The maximum atomic E-state index is 13.3. The molecule has 0 bridgehead atoms. The van der Waals surface area contributed by atoms with Gasteiger partial charge in [-0.15, -0.1) is 0 Å². The molecule has 19 heavy (non-hydrogen) atoms. The van der Waals surface area contributed by atoms with Gasteiger partial charge in [-0.1, -0.05) is 13.0 Å². The highest BCUT2D eigenvalue weighted by Gasteiger charge is 2.18. The molecule has 0 fully saturated rings. The lowest BCUT2D eigenvalue weighted by molar-refractivity contribution is 0.576. The van der Waals surface area contributed by atoms with Gasteiger partial charge in [0.15, 0.2) is 0 Å². The molecule has 7 heteroatoms. The first-order valence-corrected chi connectivity index (χ1v) is 8.86. The summed E-state index contributed by atoms with van der Waals surface area (Å²) in [5.41, 5.74) is 0.569. The number of sulfonamides is 1. The lowest BCUT2D eigenvalue weighted by atomic mass is 10.2. The molecule has 0 aliphatic rings. The van der Waals surface area contributed by atoms with Crippen molar-refractivity contribution in [3.63, 3.8) is 0 Å². The molecule has 1 aromatic rings. The molecule has 4 nitrogen and oxygen atoms in total. The van der Waals surface area contributed by atoms with Gasteiger partial charge < -0.3 is 5.32 Å². The maximum Gasteiger partial charge on any atom is 0.241 e. The Balaban J connectivity index is 2.98. The van der Waals surface area contributed by atoms with Crippen molar-refractivity contribution in [2.24, 2.45) is 0 Å². The summed E-state index contributed by atoms with van der Waals surface area (Å²) in [7, 11) is -3.66. The average Bonchev–Trinajstić information content (AvgIpc) is 2.37. The molecule has 0 aromatic heterocycles. The second-order valence-corrected chi connectivity index (χ2v) is 6.64. The van der Waals surface area contributed by atoms with Gasteiger partial charge in [0.2, 0.25) is 10.0 Å². The summed E-state index contributed by atoms with van der Waals surface area (Å²) < 4.78 is 40.0. The van der Waals surface area contributed by atoms with Crippen molar-refractivity contribution < 1.29 is 12.8 Å². The van der Waals surface area contributed by atoms with Crippen molar-refractivity contribution >= 4 is 21.8 Å². The molecule has 0 aliphatic heterocycles. The van der Waals surface area contributed by atoms with Gasteiger partial charge in [0.1, 0.15) is 5.82 Å². The minimum atomic E-state index is -3.66. The van der Waals surface area contributed by atoms with Crippen LogP contribution in [0.5, 0.6) is 0 Å². The molecule has 0 radical (unpaired) electrons. The van der Waals surface area contributed by atoms with Crippen molar-refractivity contribution in [1.82, 2.24) is 10.0 Å². The van der Waals surface area contributed by atoms with Crippen molar-refractivity contribution in [3.05, 3.63) is 29.6 Å². The molecule has 0 saturated heterocycles. The molecule has 0 amide bonds. The van der Waals surface area contributed by atoms with Crippen molar-refractivity contribution in [3.8, 4) is 0 Å². The lowest BCUT2D eigenvalue weighted by Crippen LogP contribution is -2.28. The molecule has 0 atom stereocenters. The molecule has 0 unspecified atom stereocenters. The van der Waals surface area contributed by atoms with Crippen LogP contribution in [0.2, 0.25) is 0 Å². The Morgan fingerprint density at radius 3 is 2.74 bits per heavy atom. The van der Waals surface area contributed by atoms with Gasteiger partial charge in [-0.2, -0.15) is 11.8 Å².